The molecule has 3 aromatic heterocycles. The summed E-state index contributed by atoms with van der Waals surface area (Å²) < 4.78 is 8.14. The van der Waals surface area contributed by atoms with Crippen molar-refractivity contribution < 1.29 is 9.53 Å². The number of hydrogen-bond donors (Lipinski definition) is 1. The van der Waals surface area contributed by atoms with Crippen LogP contribution in [0.15, 0.2) is 55.2 Å². The Bertz CT molecular complexity index is 1840. The van der Waals surface area contributed by atoms with E-state index in [9.17, 15) is 4.79 Å². The van der Waals surface area contributed by atoms with E-state index in [4.69, 9.17) is 9.72 Å². The van der Waals surface area contributed by atoms with Crippen molar-refractivity contribution in [3.05, 3.63) is 60.8 Å². The van der Waals surface area contributed by atoms with Gasteiger partial charge < -0.3 is 24.4 Å². The summed E-state index contributed by atoms with van der Waals surface area (Å²) in [5.41, 5.74) is 4.97. The fourth-order valence-corrected chi connectivity index (χ4v) is 4.99. The van der Waals surface area contributed by atoms with Crippen molar-refractivity contribution in [1.82, 2.24) is 34.4 Å². The lowest BCUT2D eigenvalue weighted by Gasteiger charge is -2.38. The third-order valence-corrected chi connectivity index (χ3v) is 7.13. The van der Waals surface area contributed by atoms with Crippen molar-refractivity contribution in [2.75, 3.05) is 29.9 Å². The first-order valence-corrected chi connectivity index (χ1v) is 13.3. The molecule has 0 bridgehead atoms. The van der Waals surface area contributed by atoms with E-state index < -0.39 is 0 Å². The van der Waals surface area contributed by atoms with Gasteiger partial charge in [-0.05, 0) is 62.6 Å². The first-order chi connectivity index (χ1) is 19.9. The molecule has 2 aromatic carbocycles. The number of amides is 1. The van der Waals surface area contributed by atoms with Crippen LogP contribution in [0.5, 0.6) is 11.5 Å². The van der Waals surface area contributed by atoms with Gasteiger partial charge in [0.05, 0.1) is 23.6 Å². The Labute approximate surface area is 237 Å². The Morgan fingerprint density at radius 3 is 2.76 bits per heavy atom. The molecule has 1 N–H and O–H groups in total. The molecule has 0 aliphatic carbocycles. The standard InChI is InChI=1S/C30H29N9O2/c1-5-6-27(40)39-12-11-38(16-20(39)3)30-31-15-24-28(36-30)29(33-17-32-24)35-21-7-10-26(19(2)13-21)41-22-8-9-25-23(14-22)34-18-37(25)4/h7-10,13-15,17-18,20H,11-12,16H2,1-4H3,(H,32,33,35)/t20-/m1/s1. The van der Waals surface area contributed by atoms with Gasteiger partial charge in [-0.2, -0.15) is 0 Å². The number of hydrogen-bond acceptors (Lipinski definition) is 9. The summed E-state index contributed by atoms with van der Waals surface area (Å²) in [6.45, 7) is 7.43. The van der Waals surface area contributed by atoms with Crippen LogP contribution in [0.1, 0.15) is 19.4 Å². The summed E-state index contributed by atoms with van der Waals surface area (Å²) in [7, 11) is 1.97. The van der Waals surface area contributed by atoms with Crippen molar-refractivity contribution in [1.29, 1.82) is 0 Å². The van der Waals surface area contributed by atoms with Crippen LogP contribution in [-0.2, 0) is 11.8 Å². The average Bonchev–Trinajstić information content (AvgIpc) is 3.34. The van der Waals surface area contributed by atoms with Crippen molar-refractivity contribution in [3.63, 3.8) is 0 Å². The molecule has 1 saturated heterocycles. The van der Waals surface area contributed by atoms with E-state index in [1.807, 2.05) is 61.9 Å². The number of rotatable bonds is 5. The molecule has 11 nitrogen and oxygen atoms in total. The lowest BCUT2D eigenvalue weighted by Crippen LogP contribution is -2.54. The second kappa shape index (κ2) is 10.7. The van der Waals surface area contributed by atoms with Crippen LogP contribution in [-0.4, -0.2) is 66.0 Å². The Morgan fingerprint density at radius 1 is 1.07 bits per heavy atom. The van der Waals surface area contributed by atoms with Gasteiger partial charge in [-0.25, -0.2) is 24.9 Å². The third kappa shape index (κ3) is 5.19. The second-order valence-corrected chi connectivity index (χ2v) is 10.0. The number of aromatic nitrogens is 6. The monoisotopic (exact) mass is 547 g/mol. The van der Waals surface area contributed by atoms with E-state index in [1.165, 1.54) is 6.33 Å². The summed E-state index contributed by atoms with van der Waals surface area (Å²) in [5.74, 6) is 7.79. The first-order valence-electron chi connectivity index (χ1n) is 13.3. The van der Waals surface area contributed by atoms with Crippen LogP contribution >= 0.6 is 0 Å². The lowest BCUT2D eigenvalue weighted by molar-refractivity contribution is -0.127. The highest BCUT2D eigenvalue weighted by molar-refractivity contribution is 5.94. The summed E-state index contributed by atoms with van der Waals surface area (Å²) >= 11 is 0. The largest absolute Gasteiger partial charge is 0.457 e. The average molecular weight is 548 g/mol. The maximum atomic E-state index is 12.3. The molecule has 1 fully saturated rings. The van der Waals surface area contributed by atoms with Crippen LogP contribution in [0.3, 0.4) is 0 Å². The molecule has 11 heteroatoms. The fraction of sp³-hybridized carbons (Fsp3) is 0.267. The zero-order chi connectivity index (χ0) is 28.5. The van der Waals surface area contributed by atoms with Gasteiger partial charge in [0, 0.05) is 44.5 Å². The molecule has 41 heavy (non-hydrogen) atoms. The van der Waals surface area contributed by atoms with Crippen molar-refractivity contribution in [3.8, 4) is 23.3 Å². The minimum Gasteiger partial charge on any atom is -0.457 e. The molecule has 6 rings (SSSR count). The van der Waals surface area contributed by atoms with Crippen molar-refractivity contribution in [2.24, 2.45) is 7.05 Å². The smallest absolute Gasteiger partial charge is 0.298 e. The van der Waals surface area contributed by atoms with E-state index in [0.29, 0.717) is 42.4 Å². The fourth-order valence-electron chi connectivity index (χ4n) is 4.99. The van der Waals surface area contributed by atoms with Gasteiger partial charge in [0.25, 0.3) is 5.91 Å². The number of nitrogens with one attached hydrogen (secondary N) is 1. The molecular formula is C30H29N9O2. The number of piperazine rings is 1. The van der Waals surface area contributed by atoms with E-state index >= 15 is 0 Å². The highest BCUT2D eigenvalue weighted by Gasteiger charge is 2.28. The van der Waals surface area contributed by atoms with E-state index in [2.05, 4.69) is 42.0 Å². The molecule has 5 aromatic rings. The molecule has 0 radical (unpaired) electrons. The van der Waals surface area contributed by atoms with Crippen molar-refractivity contribution in [2.45, 2.75) is 26.8 Å². The molecule has 0 spiro atoms. The van der Waals surface area contributed by atoms with Gasteiger partial charge in [-0.15, -0.1) is 0 Å². The van der Waals surface area contributed by atoms with E-state index in [1.54, 1.807) is 24.3 Å². The topological polar surface area (TPSA) is 114 Å². The Morgan fingerprint density at radius 2 is 1.95 bits per heavy atom. The molecule has 0 unspecified atom stereocenters. The molecule has 1 aliphatic heterocycles. The number of imidazole rings is 1. The zero-order valence-electron chi connectivity index (χ0n) is 23.3. The summed E-state index contributed by atoms with van der Waals surface area (Å²) in [6.07, 6.45) is 4.99. The van der Waals surface area contributed by atoms with Gasteiger partial charge in [0.1, 0.15) is 28.9 Å². The number of ether oxygens (including phenoxy) is 1. The maximum absolute atomic E-state index is 12.3. The number of nitrogens with zero attached hydrogens (tertiary/aromatic N) is 8. The molecular weight excluding hydrogens is 518 g/mol. The number of carbonyl (C=O) groups excluding carboxylic acids is 1. The Balaban J connectivity index is 1.21. The molecule has 4 heterocycles. The molecule has 206 valence electrons. The van der Waals surface area contributed by atoms with Gasteiger partial charge >= 0.3 is 0 Å². The number of benzene rings is 2. The first kappa shape index (κ1) is 26.0. The lowest BCUT2D eigenvalue weighted by atomic mass is 10.2. The van der Waals surface area contributed by atoms with Crippen molar-refractivity contribution >= 4 is 45.4 Å². The highest BCUT2D eigenvalue weighted by atomic mass is 16.5. The van der Waals surface area contributed by atoms with Crippen LogP contribution in [0.4, 0.5) is 17.5 Å². The predicted octanol–water partition coefficient (Wildman–Crippen LogP) is 4.21. The Hall–Kier alpha value is -5.24. The second-order valence-electron chi connectivity index (χ2n) is 10.0. The molecule has 0 saturated carbocycles. The zero-order valence-corrected chi connectivity index (χ0v) is 23.3. The SMILES string of the molecule is CC#CC(=O)N1CCN(c2ncc3ncnc(Nc4ccc(Oc5ccc6c(c5)ncn6C)c(C)c4)c3n2)C[C@H]1C. The van der Waals surface area contributed by atoms with Crippen LogP contribution < -0.4 is 15.0 Å². The summed E-state index contributed by atoms with van der Waals surface area (Å²) in [5, 5.41) is 3.38. The quantitative estimate of drug-likeness (QED) is 0.323. The number of anilines is 3. The number of aryl methyl sites for hydroxylation is 2. The maximum Gasteiger partial charge on any atom is 0.298 e. The van der Waals surface area contributed by atoms with Crippen LogP contribution in [0.2, 0.25) is 0 Å². The Kier molecular flexibility index (Phi) is 6.81. The minimum absolute atomic E-state index is 0.0180. The van der Waals surface area contributed by atoms with Gasteiger partial charge in [-0.1, -0.05) is 5.92 Å². The highest BCUT2D eigenvalue weighted by Crippen LogP contribution is 2.31. The summed E-state index contributed by atoms with van der Waals surface area (Å²) in [6, 6.07) is 11.7. The van der Waals surface area contributed by atoms with Crippen LogP contribution in [0, 0.1) is 18.8 Å². The van der Waals surface area contributed by atoms with Gasteiger partial charge in [0.15, 0.2) is 5.82 Å². The predicted molar refractivity (Wildman–Crippen MR) is 157 cm³/mol. The normalized spacial score (nSPS) is 15.1. The molecule has 1 amide bonds. The van der Waals surface area contributed by atoms with Gasteiger partial charge in [0.2, 0.25) is 5.95 Å². The van der Waals surface area contributed by atoms with Gasteiger partial charge in [-0.3, -0.25) is 4.79 Å². The van der Waals surface area contributed by atoms with E-state index in [-0.39, 0.29) is 11.9 Å². The third-order valence-electron chi connectivity index (χ3n) is 7.13. The number of carbonyl (C=O) groups is 1. The minimum atomic E-state index is -0.153. The van der Waals surface area contributed by atoms with E-state index in [0.717, 1.165) is 33.8 Å². The van der Waals surface area contributed by atoms with Crippen LogP contribution in [0.25, 0.3) is 22.1 Å². The summed E-state index contributed by atoms with van der Waals surface area (Å²) in [4.78, 5) is 38.8. The number of fused-ring (bicyclic) bond motifs is 2. The molecule has 1 aliphatic rings. The molecule has 1 atom stereocenters.